The number of amides is 2. The first kappa shape index (κ1) is 27.6. The van der Waals surface area contributed by atoms with Gasteiger partial charge in [-0.25, -0.2) is 17.6 Å². The van der Waals surface area contributed by atoms with Gasteiger partial charge in [0.25, 0.3) is 0 Å². The van der Waals surface area contributed by atoms with E-state index < -0.39 is 21.5 Å². The van der Waals surface area contributed by atoms with E-state index in [1.807, 2.05) is 18.7 Å². The third kappa shape index (κ3) is 8.60. The molecule has 1 aromatic rings. The van der Waals surface area contributed by atoms with Gasteiger partial charge in [-0.15, -0.1) is 0 Å². The molecule has 1 aromatic carbocycles. The molecule has 0 aliphatic carbocycles. The first-order chi connectivity index (χ1) is 15.8. The van der Waals surface area contributed by atoms with Crippen LogP contribution in [0.3, 0.4) is 0 Å². The zero-order valence-corrected chi connectivity index (χ0v) is 21.2. The third-order valence-corrected chi connectivity index (χ3v) is 6.67. The number of ether oxygens (including phenoxy) is 2. The van der Waals surface area contributed by atoms with Gasteiger partial charge in [0, 0.05) is 31.2 Å². The van der Waals surface area contributed by atoms with Crippen LogP contribution in [0.1, 0.15) is 34.6 Å². The second kappa shape index (κ2) is 11.7. The molecule has 0 spiro atoms. The third-order valence-electron chi connectivity index (χ3n) is 5.02. The summed E-state index contributed by atoms with van der Waals surface area (Å²) in [6, 6.07) is 5.91. The Hall–Kier alpha value is -2.66. The first-order valence-corrected chi connectivity index (χ1v) is 12.7. The highest BCUT2D eigenvalue weighted by molar-refractivity contribution is 7.91. The van der Waals surface area contributed by atoms with Crippen molar-refractivity contribution in [2.75, 3.05) is 38.7 Å². The molecular weight excluding hydrogens is 465 g/mol. The molecule has 0 radical (unpaired) electrons. The number of benzene rings is 1. The molecule has 1 saturated heterocycles. The fourth-order valence-corrected chi connectivity index (χ4v) is 4.51. The molecule has 0 bridgehead atoms. The van der Waals surface area contributed by atoms with Gasteiger partial charge in [-0.05, 0) is 58.9 Å². The van der Waals surface area contributed by atoms with Crippen LogP contribution in [0.4, 0.5) is 9.18 Å². The average Bonchev–Trinajstić information content (AvgIpc) is 2.74. The van der Waals surface area contributed by atoms with Crippen molar-refractivity contribution < 1.29 is 31.9 Å². The van der Waals surface area contributed by atoms with Crippen molar-refractivity contribution in [2.45, 2.75) is 51.2 Å². The van der Waals surface area contributed by atoms with Crippen molar-refractivity contribution >= 4 is 21.8 Å². The van der Waals surface area contributed by atoms with Gasteiger partial charge in [0.15, 0.2) is 9.84 Å². The first-order valence-electron chi connectivity index (χ1n) is 11.0. The largest absolute Gasteiger partial charge is 0.489 e. The Labute approximate surface area is 200 Å². The summed E-state index contributed by atoms with van der Waals surface area (Å²) in [5.74, 6) is -0.269. The highest BCUT2D eigenvalue weighted by Gasteiger charge is 2.29. The van der Waals surface area contributed by atoms with E-state index in [1.54, 1.807) is 20.8 Å². The SMILES string of the molecule is CC(C)N1CCN(CS(=O)(=O)c2ccc(OC/C(=C/F)CNC(=O)OC(C)(C)C)cc2)C(=O)C1. The number of piperazine rings is 1. The number of hydrogen-bond donors (Lipinski definition) is 1. The maximum absolute atomic E-state index is 13.1. The van der Waals surface area contributed by atoms with Gasteiger partial charge in [0.05, 0.1) is 17.8 Å². The molecule has 1 N–H and O–H groups in total. The van der Waals surface area contributed by atoms with Gasteiger partial charge in [0.2, 0.25) is 5.91 Å². The second-order valence-corrected chi connectivity index (χ2v) is 11.3. The highest BCUT2D eigenvalue weighted by atomic mass is 32.2. The summed E-state index contributed by atoms with van der Waals surface area (Å²) in [6.07, 6.45) is -0.336. The number of nitrogens with one attached hydrogen (secondary N) is 1. The number of alkyl carbamates (subject to hydrolysis) is 1. The zero-order valence-electron chi connectivity index (χ0n) is 20.3. The van der Waals surface area contributed by atoms with Gasteiger partial charge in [-0.1, -0.05) is 0 Å². The molecule has 190 valence electrons. The standard InChI is InChI=1S/C23H34FN3O6S/c1-17(2)26-10-11-27(21(28)14-26)16-34(30,31)20-8-6-19(7-9-20)32-15-18(12-24)13-25-22(29)33-23(3,4)5/h6-9,12,17H,10-11,13-16H2,1-5H3,(H,25,29)/b18-12+. The molecule has 1 aliphatic rings. The summed E-state index contributed by atoms with van der Waals surface area (Å²) >= 11 is 0. The molecule has 2 rings (SSSR count). The lowest BCUT2D eigenvalue weighted by molar-refractivity contribution is -0.135. The summed E-state index contributed by atoms with van der Waals surface area (Å²) in [4.78, 5) is 27.4. The van der Waals surface area contributed by atoms with Crippen molar-refractivity contribution in [1.29, 1.82) is 0 Å². The Bertz CT molecular complexity index is 987. The molecular formula is C23H34FN3O6S. The number of nitrogens with zero attached hydrogens (tertiary/aromatic N) is 2. The molecule has 0 aromatic heterocycles. The van der Waals surface area contributed by atoms with Crippen LogP contribution in [-0.4, -0.2) is 80.5 Å². The van der Waals surface area contributed by atoms with Crippen LogP contribution in [0, 0.1) is 0 Å². The lowest BCUT2D eigenvalue weighted by Crippen LogP contribution is -2.53. The Kier molecular flexibility index (Phi) is 9.45. The predicted octanol–water partition coefficient (Wildman–Crippen LogP) is 2.73. The van der Waals surface area contributed by atoms with Crippen molar-refractivity contribution in [3.63, 3.8) is 0 Å². The Morgan fingerprint density at radius 1 is 1.21 bits per heavy atom. The maximum Gasteiger partial charge on any atom is 0.407 e. The number of carbonyl (C=O) groups is 2. The average molecular weight is 500 g/mol. The quantitative estimate of drug-likeness (QED) is 0.557. The van der Waals surface area contributed by atoms with Crippen molar-refractivity contribution in [3.05, 3.63) is 36.2 Å². The molecule has 9 nitrogen and oxygen atoms in total. The van der Waals surface area contributed by atoms with E-state index in [0.29, 0.717) is 25.2 Å². The van der Waals surface area contributed by atoms with E-state index in [-0.39, 0.29) is 48.0 Å². The number of carbonyl (C=O) groups excluding carboxylic acids is 2. The molecule has 0 atom stereocenters. The Morgan fingerprint density at radius 2 is 1.85 bits per heavy atom. The summed E-state index contributed by atoms with van der Waals surface area (Å²) in [6.45, 7) is 10.1. The van der Waals surface area contributed by atoms with Gasteiger partial charge in [-0.3, -0.25) is 9.69 Å². The van der Waals surface area contributed by atoms with Crippen molar-refractivity contribution in [3.8, 4) is 5.75 Å². The summed E-state index contributed by atoms with van der Waals surface area (Å²) in [5, 5.41) is 2.44. The zero-order chi connectivity index (χ0) is 25.5. The van der Waals surface area contributed by atoms with Crippen LogP contribution in [0.25, 0.3) is 0 Å². The van der Waals surface area contributed by atoms with Gasteiger partial charge < -0.3 is 19.7 Å². The molecule has 11 heteroatoms. The van der Waals surface area contributed by atoms with E-state index in [0.717, 1.165) is 0 Å². The number of rotatable bonds is 9. The second-order valence-electron chi connectivity index (χ2n) is 9.35. The molecule has 34 heavy (non-hydrogen) atoms. The van der Waals surface area contributed by atoms with E-state index in [9.17, 15) is 22.4 Å². The van der Waals surface area contributed by atoms with Gasteiger partial charge >= 0.3 is 6.09 Å². The molecule has 1 aliphatic heterocycles. The van der Waals surface area contributed by atoms with Crippen LogP contribution in [0.5, 0.6) is 5.75 Å². The fourth-order valence-electron chi connectivity index (χ4n) is 3.12. The van der Waals surface area contributed by atoms with Crippen LogP contribution in [0.2, 0.25) is 0 Å². The van der Waals surface area contributed by atoms with E-state index in [1.165, 1.54) is 29.2 Å². The van der Waals surface area contributed by atoms with Crippen LogP contribution >= 0.6 is 0 Å². The Morgan fingerprint density at radius 3 is 2.38 bits per heavy atom. The topological polar surface area (TPSA) is 105 Å². The predicted molar refractivity (Wildman–Crippen MR) is 126 cm³/mol. The Balaban J connectivity index is 1.89. The summed E-state index contributed by atoms with van der Waals surface area (Å²) in [7, 11) is -3.72. The molecule has 0 unspecified atom stereocenters. The lowest BCUT2D eigenvalue weighted by atomic mass is 10.2. The number of halogens is 1. The minimum Gasteiger partial charge on any atom is -0.489 e. The number of hydrogen-bond acceptors (Lipinski definition) is 7. The summed E-state index contributed by atoms with van der Waals surface area (Å²) in [5.41, 5.74) is -0.501. The minimum atomic E-state index is -3.72. The van der Waals surface area contributed by atoms with Crippen LogP contribution in [-0.2, 0) is 19.4 Å². The summed E-state index contributed by atoms with van der Waals surface area (Å²) < 4.78 is 49.3. The number of sulfone groups is 1. The highest BCUT2D eigenvalue weighted by Crippen LogP contribution is 2.19. The molecule has 1 fully saturated rings. The fraction of sp³-hybridized carbons (Fsp3) is 0.565. The van der Waals surface area contributed by atoms with Crippen LogP contribution < -0.4 is 10.1 Å². The van der Waals surface area contributed by atoms with E-state index in [2.05, 4.69) is 5.32 Å². The minimum absolute atomic E-state index is 0.0618. The van der Waals surface area contributed by atoms with E-state index >= 15 is 0 Å². The lowest BCUT2D eigenvalue weighted by Gasteiger charge is -2.36. The van der Waals surface area contributed by atoms with E-state index in [4.69, 9.17) is 9.47 Å². The maximum atomic E-state index is 13.1. The monoisotopic (exact) mass is 499 g/mol. The van der Waals surface area contributed by atoms with Gasteiger partial charge in [-0.2, -0.15) is 0 Å². The van der Waals surface area contributed by atoms with Crippen LogP contribution in [0.15, 0.2) is 41.1 Å². The van der Waals surface area contributed by atoms with Crippen molar-refractivity contribution in [1.82, 2.24) is 15.1 Å². The molecule has 1 heterocycles. The van der Waals surface area contributed by atoms with Crippen molar-refractivity contribution in [2.24, 2.45) is 0 Å². The van der Waals surface area contributed by atoms with Gasteiger partial charge in [0.1, 0.15) is 23.8 Å². The normalized spacial score (nSPS) is 16.0. The smallest absolute Gasteiger partial charge is 0.407 e. The molecule has 2 amide bonds. The molecule has 0 saturated carbocycles.